The van der Waals surface area contributed by atoms with Crippen LogP contribution in [0.2, 0.25) is 0 Å². The van der Waals surface area contributed by atoms with Gasteiger partial charge in [0, 0.05) is 15.3 Å². The van der Waals surface area contributed by atoms with Crippen molar-refractivity contribution in [3.8, 4) is 5.75 Å². The molecule has 0 saturated heterocycles. The molecule has 2 heterocycles. The summed E-state index contributed by atoms with van der Waals surface area (Å²) in [7, 11) is -2.82. The van der Waals surface area contributed by atoms with E-state index >= 15 is 0 Å². The molecule has 2 aromatic rings. The summed E-state index contributed by atoms with van der Waals surface area (Å²) in [5.41, 5.74) is -0.747. The van der Waals surface area contributed by atoms with E-state index in [1.165, 1.54) is 24.8 Å². The lowest BCUT2D eigenvalue weighted by atomic mass is 10.3. The number of halogens is 1. The summed E-state index contributed by atoms with van der Waals surface area (Å²) < 4.78 is 37.2. The fraction of sp³-hybridized carbons (Fsp3) is 0.350. The van der Waals surface area contributed by atoms with Gasteiger partial charge in [0.15, 0.2) is 6.23 Å². The van der Waals surface area contributed by atoms with Crippen LogP contribution in [0.15, 0.2) is 52.2 Å². The van der Waals surface area contributed by atoms with Gasteiger partial charge < -0.3 is 14.0 Å². The number of aromatic nitrogens is 2. The molecule has 3 rings (SSSR count). The van der Waals surface area contributed by atoms with Gasteiger partial charge in [-0.15, -0.1) is 0 Å². The van der Waals surface area contributed by atoms with E-state index in [0.717, 1.165) is 3.57 Å². The highest BCUT2D eigenvalue weighted by Crippen LogP contribution is 2.45. The van der Waals surface area contributed by atoms with E-state index in [2.05, 4.69) is 37.4 Å². The first kappa shape index (κ1) is 25.4. The minimum absolute atomic E-state index is 0.202. The van der Waals surface area contributed by atoms with Crippen molar-refractivity contribution in [3.63, 3.8) is 0 Å². The largest absolute Gasteiger partial charge is 0.468 e. The van der Waals surface area contributed by atoms with Crippen LogP contribution in [0.4, 0.5) is 0 Å². The van der Waals surface area contributed by atoms with E-state index in [1.54, 1.807) is 43.3 Å². The molecular formula is C20H23IN3O8P. The lowest BCUT2D eigenvalue weighted by Crippen LogP contribution is -2.35. The monoisotopic (exact) mass is 591 g/mol. The van der Waals surface area contributed by atoms with Crippen molar-refractivity contribution >= 4 is 36.3 Å². The van der Waals surface area contributed by atoms with Crippen molar-refractivity contribution < 1.29 is 27.9 Å². The van der Waals surface area contributed by atoms with E-state index in [4.69, 9.17) is 13.8 Å². The average molecular weight is 591 g/mol. The molecule has 0 radical (unpaired) electrons. The van der Waals surface area contributed by atoms with E-state index < -0.39 is 43.3 Å². The number of hydrogen-bond donors (Lipinski definition) is 2. The number of ether oxygens (including phenoxy) is 2. The fourth-order valence-corrected chi connectivity index (χ4v) is 4.74. The lowest BCUT2D eigenvalue weighted by molar-refractivity contribution is -0.142. The Morgan fingerprint density at radius 1 is 1.30 bits per heavy atom. The van der Waals surface area contributed by atoms with Crippen LogP contribution in [0, 0.1) is 10.5 Å². The molecule has 178 valence electrons. The van der Waals surface area contributed by atoms with Gasteiger partial charge in [-0.05, 0) is 66.8 Å². The van der Waals surface area contributed by atoms with Crippen molar-refractivity contribution in [3.05, 3.63) is 72.6 Å². The van der Waals surface area contributed by atoms with E-state index in [-0.39, 0.29) is 12.4 Å². The number of carbonyl (C=O) groups excluding carboxylic acids is 1. The SMILES string of the molecule is COC(=O)C(C)NP(=O)(OCC1C=CC(n2cc(C)c(=O)[nH]c2=O)O1)Oc1ccc(I)cc1. The number of methoxy groups -OCH3 is 1. The molecule has 0 saturated carbocycles. The summed E-state index contributed by atoms with van der Waals surface area (Å²) >= 11 is 2.12. The minimum atomic E-state index is -4.03. The molecule has 0 bridgehead atoms. The summed E-state index contributed by atoms with van der Waals surface area (Å²) in [4.78, 5) is 37.7. The second-order valence-electron chi connectivity index (χ2n) is 7.14. The number of rotatable bonds is 9. The van der Waals surface area contributed by atoms with Gasteiger partial charge >= 0.3 is 19.4 Å². The Kier molecular flexibility index (Phi) is 8.29. The van der Waals surface area contributed by atoms with E-state index in [0.29, 0.717) is 5.56 Å². The maximum Gasteiger partial charge on any atom is 0.459 e. The number of hydrogen-bond acceptors (Lipinski definition) is 8. The Morgan fingerprint density at radius 3 is 2.67 bits per heavy atom. The van der Waals surface area contributed by atoms with E-state index in [9.17, 15) is 18.9 Å². The molecule has 13 heteroatoms. The second kappa shape index (κ2) is 10.8. The first-order chi connectivity index (χ1) is 15.6. The molecule has 0 spiro atoms. The highest BCUT2D eigenvalue weighted by molar-refractivity contribution is 14.1. The zero-order chi connectivity index (χ0) is 24.2. The molecule has 1 aromatic carbocycles. The number of H-pyrrole nitrogens is 1. The van der Waals surface area contributed by atoms with Crippen LogP contribution in [-0.4, -0.2) is 41.4 Å². The van der Waals surface area contributed by atoms with Crippen LogP contribution >= 0.6 is 30.3 Å². The number of esters is 1. The van der Waals surface area contributed by atoms with Gasteiger partial charge in [-0.1, -0.05) is 6.08 Å². The highest BCUT2D eigenvalue weighted by atomic mass is 127. The summed E-state index contributed by atoms with van der Waals surface area (Å²) in [5.74, 6) is -0.366. The van der Waals surface area contributed by atoms with Gasteiger partial charge in [-0.2, -0.15) is 5.09 Å². The third kappa shape index (κ3) is 6.64. The molecule has 0 amide bonds. The zero-order valence-electron chi connectivity index (χ0n) is 18.0. The lowest BCUT2D eigenvalue weighted by Gasteiger charge is -2.24. The van der Waals surface area contributed by atoms with Crippen molar-refractivity contribution in [2.75, 3.05) is 13.7 Å². The number of nitrogens with one attached hydrogen (secondary N) is 2. The smallest absolute Gasteiger partial charge is 0.459 e. The molecule has 11 nitrogen and oxygen atoms in total. The predicted octanol–water partition coefficient (Wildman–Crippen LogP) is 2.26. The number of benzene rings is 1. The number of carbonyl (C=O) groups is 1. The minimum Gasteiger partial charge on any atom is -0.468 e. The molecule has 4 atom stereocenters. The van der Waals surface area contributed by atoms with Gasteiger partial charge in [0.05, 0.1) is 13.7 Å². The summed E-state index contributed by atoms with van der Waals surface area (Å²) in [6.07, 6.45) is 3.20. The van der Waals surface area contributed by atoms with Crippen LogP contribution in [0.3, 0.4) is 0 Å². The summed E-state index contributed by atoms with van der Waals surface area (Å²) in [6, 6.07) is 5.80. The highest BCUT2D eigenvalue weighted by Gasteiger charge is 2.34. The summed E-state index contributed by atoms with van der Waals surface area (Å²) in [5, 5.41) is 2.56. The first-order valence-electron chi connectivity index (χ1n) is 9.81. The van der Waals surface area contributed by atoms with Crippen molar-refractivity contribution in [1.82, 2.24) is 14.6 Å². The van der Waals surface area contributed by atoms with Crippen LogP contribution in [0.1, 0.15) is 18.7 Å². The van der Waals surface area contributed by atoms with Crippen molar-refractivity contribution in [1.29, 1.82) is 0 Å². The van der Waals surface area contributed by atoms with E-state index in [1.807, 2.05) is 0 Å². The average Bonchev–Trinajstić information content (AvgIpc) is 3.25. The second-order valence-corrected chi connectivity index (χ2v) is 10.1. The Morgan fingerprint density at radius 2 is 2.00 bits per heavy atom. The Bertz CT molecular complexity index is 1190. The predicted molar refractivity (Wildman–Crippen MR) is 127 cm³/mol. The maximum atomic E-state index is 13.4. The molecule has 0 aliphatic carbocycles. The summed E-state index contributed by atoms with van der Waals surface area (Å²) in [6.45, 7) is 2.83. The molecule has 33 heavy (non-hydrogen) atoms. The molecule has 1 aliphatic heterocycles. The van der Waals surface area contributed by atoms with Gasteiger partial charge in [-0.3, -0.25) is 23.7 Å². The number of nitrogens with zero attached hydrogens (tertiary/aromatic N) is 1. The van der Waals surface area contributed by atoms with Gasteiger partial charge in [-0.25, -0.2) is 9.36 Å². The third-order valence-corrected chi connectivity index (χ3v) is 6.94. The quantitative estimate of drug-likeness (QED) is 0.195. The van der Waals surface area contributed by atoms with Crippen LogP contribution in [0.25, 0.3) is 0 Å². The van der Waals surface area contributed by atoms with Crippen LogP contribution < -0.4 is 20.9 Å². The third-order valence-electron chi connectivity index (χ3n) is 4.58. The van der Waals surface area contributed by atoms with Gasteiger partial charge in [0.25, 0.3) is 5.56 Å². The molecule has 2 N–H and O–H groups in total. The van der Waals surface area contributed by atoms with Crippen molar-refractivity contribution in [2.45, 2.75) is 32.2 Å². The number of aryl methyl sites for hydroxylation is 1. The number of aromatic amines is 1. The molecule has 0 fully saturated rings. The fourth-order valence-electron chi connectivity index (χ4n) is 2.88. The normalized spacial score (nSPS) is 20.2. The van der Waals surface area contributed by atoms with Gasteiger partial charge in [0.1, 0.15) is 17.9 Å². The molecule has 1 aliphatic rings. The van der Waals surface area contributed by atoms with Gasteiger partial charge in [0.2, 0.25) is 0 Å². The standard InChI is InChI=1S/C20H23IN3O8P/c1-12-10-24(20(27)22-18(12)25)17-9-8-16(31-17)11-30-33(28,23-13(2)19(26)29-3)32-15-6-4-14(21)5-7-15/h4-10,13,16-17H,11H2,1-3H3,(H,23,28)(H,22,25,27). The molecule has 1 aromatic heterocycles. The maximum absolute atomic E-state index is 13.4. The van der Waals surface area contributed by atoms with Crippen LogP contribution in [-0.2, 0) is 23.4 Å². The Hall–Kier alpha value is -2.25. The topological polar surface area (TPSA) is 138 Å². The first-order valence-corrected chi connectivity index (χ1v) is 12.4. The Balaban J connectivity index is 1.71. The zero-order valence-corrected chi connectivity index (χ0v) is 21.1. The molecule has 4 unspecified atom stereocenters. The molecular weight excluding hydrogens is 568 g/mol. The van der Waals surface area contributed by atoms with Crippen LogP contribution in [0.5, 0.6) is 5.75 Å². The Labute approximate surface area is 202 Å². The van der Waals surface area contributed by atoms with Crippen molar-refractivity contribution in [2.24, 2.45) is 0 Å².